The van der Waals surface area contributed by atoms with Crippen molar-refractivity contribution < 1.29 is 4.79 Å². The lowest BCUT2D eigenvalue weighted by atomic mass is 10.1. The SMILES string of the molecule is NC1CN(C(=O)[C@@H]2CCCN2c2nc(Nc3cc(C4CC4)[nH]n3)c3cccn3n2)C1. The summed E-state index contributed by atoms with van der Waals surface area (Å²) in [5, 5.41) is 15.5. The van der Waals surface area contributed by atoms with Gasteiger partial charge < -0.3 is 20.9 Å². The zero-order valence-corrected chi connectivity index (χ0v) is 16.7. The van der Waals surface area contributed by atoms with Gasteiger partial charge in [-0.1, -0.05) is 0 Å². The summed E-state index contributed by atoms with van der Waals surface area (Å²) in [4.78, 5) is 21.6. The highest BCUT2D eigenvalue weighted by molar-refractivity contribution is 5.86. The second-order valence-electron chi connectivity index (χ2n) is 8.56. The maximum atomic E-state index is 13.0. The number of fused-ring (bicyclic) bond motifs is 1. The molecule has 2 saturated heterocycles. The molecular weight excluding hydrogens is 382 g/mol. The number of likely N-dealkylation sites (tertiary alicyclic amines) is 1. The van der Waals surface area contributed by atoms with Crippen LogP contribution in [0.3, 0.4) is 0 Å². The van der Waals surface area contributed by atoms with E-state index in [2.05, 4.69) is 20.6 Å². The van der Waals surface area contributed by atoms with E-state index in [-0.39, 0.29) is 18.0 Å². The minimum atomic E-state index is -0.231. The van der Waals surface area contributed by atoms with E-state index in [1.165, 1.54) is 12.8 Å². The number of carbonyl (C=O) groups is 1. The Kier molecular flexibility index (Phi) is 3.95. The average molecular weight is 407 g/mol. The highest BCUT2D eigenvalue weighted by atomic mass is 16.2. The van der Waals surface area contributed by atoms with Crippen LogP contribution in [0.4, 0.5) is 17.6 Å². The van der Waals surface area contributed by atoms with Crippen molar-refractivity contribution in [3.63, 3.8) is 0 Å². The molecule has 6 rings (SSSR count). The van der Waals surface area contributed by atoms with Gasteiger partial charge in [0.05, 0.1) is 0 Å². The smallest absolute Gasteiger partial charge is 0.246 e. The molecule has 0 radical (unpaired) electrons. The first-order chi connectivity index (χ1) is 14.7. The number of amides is 1. The number of nitrogens with zero attached hydrogens (tertiary/aromatic N) is 6. The molecule has 3 aromatic heterocycles. The molecule has 0 spiro atoms. The van der Waals surface area contributed by atoms with E-state index in [9.17, 15) is 4.79 Å². The number of nitrogens with one attached hydrogen (secondary N) is 2. The van der Waals surface area contributed by atoms with Gasteiger partial charge in [-0.15, -0.1) is 5.10 Å². The molecule has 4 N–H and O–H groups in total. The van der Waals surface area contributed by atoms with Crippen molar-refractivity contribution in [2.75, 3.05) is 29.9 Å². The van der Waals surface area contributed by atoms with Gasteiger partial charge in [0.25, 0.3) is 0 Å². The third-order valence-corrected chi connectivity index (χ3v) is 6.26. The molecule has 1 aliphatic carbocycles. The molecule has 30 heavy (non-hydrogen) atoms. The van der Waals surface area contributed by atoms with Crippen LogP contribution < -0.4 is 16.0 Å². The van der Waals surface area contributed by atoms with Crippen molar-refractivity contribution in [1.82, 2.24) is 29.7 Å². The van der Waals surface area contributed by atoms with Crippen molar-refractivity contribution in [2.45, 2.75) is 43.7 Å². The van der Waals surface area contributed by atoms with Gasteiger partial charge in [-0.25, -0.2) is 4.52 Å². The largest absolute Gasteiger partial charge is 0.338 e. The number of hydrogen-bond acceptors (Lipinski definition) is 7. The number of H-pyrrole nitrogens is 1. The first-order valence-corrected chi connectivity index (χ1v) is 10.6. The van der Waals surface area contributed by atoms with E-state index in [1.54, 1.807) is 4.52 Å². The Morgan fingerprint density at radius 1 is 1.27 bits per heavy atom. The predicted molar refractivity (Wildman–Crippen MR) is 112 cm³/mol. The first kappa shape index (κ1) is 17.7. The van der Waals surface area contributed by atoms with E-state index >= 15 is 0 Å². The Balaban J connectivity index is 1.30. The Hall–Kier alpha value is -3.14. The Morgan fingerprint density at radius 3 is 2.93 bits per heavy atom. The molecular formula is C20H25N9O. The number of aromatic nitrogens is 5. The molecule has 1 atom stereocenters. The molecule has 0 bridgehead atoms. The summed E-state index contributed by atoms with van der Waals surface area (Å²) in [5.41, 5.74) is 7.90. The summed E-state index contributed by atoms with van der Waals surface area (Å²) >= 11 is 0. The summed E-state index contributed by atoms with van der Waals surface area (Å²) in [7, 11) is 0. The second-order valence-corrected chi connectivity index (χ2v) is 8.56. The van der Waals surface area contributed by atoms with Gasteiger partial charge in [0, 0.05) is 49.6 Å². The Labute approximate surface area is 173 Å². The van der Waals surface area contributed by atoms with E-state index < -0.39 is 0 Å². The normalized spacial score (nSPS) is 22.0. The quantitative estimate of drug-likeness (QED) is 0.581. The first-order valence-electron chi connectivity index (χ1n) is 10.6. The third-order valence-electron chi connectivity index (χ3n) is 6.26. The van der Waals surface area contributed by atoms with Crippen LogP contribution in [0.25, 0.3) is 5.52 Å². The highest BCUT2D eigenvalue weighted by Gasteiger charge is 2.39. The van der Waals surface area contributed by atoms with Crippen molar-refractivity contribution >= 4 is 29.0 Å². The number of anilines is 3. The molecule has 5 heterocycles. The van der Waals surface area contributed by atoms with Crippen LogP contribution in [-0.4, -0.2) is 67.3 Å². The standard InChI is InChI=1S/C20H25N9O/c21-13-10-27(11-13)19(30)16-4-1-7-28(16)20-23-18(15-3-2-8-29(15)26-20)22-17-9-14(24-25-17)12-5-6-12/h2-3,8-9,12-13,16H,1,4-7,10-11,21H2,(H2,22,23,24,25,26)/t16-/m0/s1. The topological polar surface area (TPSA) is 120 Å². The number of hydrogen-bond donors (Lipinski definition) is 3. The minimum Gasteiger partial charge on any atom is -0.338 e. The lowest BCUT2D eigenvalue weighted by Crippen LogP contribution is -2.61. The van der Waals surface area contributed by atoms with Crippen LogP contribution in [-0.2, 0) is 4.79 Å². The fourth-order valence-corrected chi connectivity index (χ4v) is 4.43. The highest BCUT2D eigenvalue weighted by Crippen LogP contribution is 2.39. The number of aromatic amines is 1. The third kappa shape index (κ3) is 2.98. The van der Waals surface area contributed by atoms with Crippen molar-refractivity contribution in [1.29, 1.82) is 0 Å². The maximum absolute atomic E-state index is 13.0. The minimum absolute atomic E-state index is 0.0986. The van der Waals surface area contributed by atoms with Gasteiger partial charge in [-0.3, -0.25) is 9.89 Å². The van der Waals surface area contributed by atoms with Gasteiger partial charge >= 0.3 is 0 Å². The summed E-state index contributed by atoms with van der Waals surface area (Å²) in [6, 6.07) is 5.82. The van der Waals surface area contributed by atoms with Gasteiger partial charge in [0.2, 0.25) is 11.9 Å². The summed E-state index contributed by atoms with van der Waals surface area (Å²) in [5.74, 6) is 2.71. The molecule has 156 valence electrons. The Morgan fingerprint density at radius 2 is 2.13 bits per heavy atom. The number of rotatable bonds is 5. The van der Waals surface area contributed by atoms with E-state index in [1.807, 2.05) is 34.2 Å². The van der Waals surface area contributed by atoms with Gasteiger partial charge in [0.1, 0.15) is 11.6 Å². The van der Waals surface area contributed by atoms with Crippen LogP contribution in [0, 0.1) is 0 Å². The fraction of sp³-hybridized carbons (Fsp3) is 0.500. The molecule has 10 heteroatoms. The molecule has 3 aliphatic rings. The van der Waals surface area contributed by atoms with E-state index in [0.717, 1.165) is 36.4 Å². The van der Waals surface area contributed by atoms with Gasteiger partial charge in [0.15, 0.2) is 11.6 Å². The summed E-state index contributed by atoms with van der Waals surface area (Å²) in [6.07, 6.45) is 6.08. The second kappa shape index (κ2) is 6.69. The van der Waals surface area contributed by atoms with Gasteiger partial charge in [-0.05, 0) is 37.8 Å². The van der Waals surface area contributed by atoms with Crippen LogP contribution >= 0.6 is 0 Å². The molecule has 1 saturated carbocycles. The van der Waals surface area contributed by atoms with Crippen LogP contribution in [0.2, 0.25) is 0 Å². The monoisotopic (exact) mass is 407 g/mol. The van der Waals surface area contributed by atoms with Crippen molar-refractivity contribution in [2.24, 2.45) is 5.73 Å². The lowest BCUT2D eigenvalue weighted by Gasteiger charge is -2.39. The zero-order chi connectivity index (χ0) is 20.2. The van der Waals surface area contributed by atoms with E-state index in [0.29, 0.717) is 30.8 Å². The predicted octanol–water partition coefficient (Wildman–Crippen LogP) is 1.21. The Bertz CT molecular complexity index is 1090. The molecule has 2 aliphatic heterocycles. The lowest BCUT2D eigenvalue weighted by molar-refractivity contribution is -0.136. The maximum Gasteiger partial charge on any atom is 0.246 e. The summed E-state index contributed by atoms with van der Waals surface area (Å²) < 4.78 is 1.80. The molecule has 1 amide bonds. The molecule has 3 fully saturated rings. The number of nitrogens with two attached hydrogens (primary N) is 1. The van der Waals surface area contributed by atoms with Gasteiger partial charge in [-0.2, -0.15) is 10.1 Å². The fourth-order valence-electron chi connectivity index (χ4n) is 4.43. The average Bonchev–Trinajstić information content (AvgIpc) is 3.12. The molecule has 0 aromatic carbocycles. The van der Waals surface area contributed by atoms with Crippen LogP contribution in [0.15, 0.2) is 24.4 Å². The zero-order valence-electron chi connectivity index (χ0n) is 16.7. The van der Waals surface area contributed by atoms with E-state index in [4.69, 9.17) is 10.7 Å². The van der Waals surface area contributed by atoms with Crippen molar-refractivity contribution in [3.8, 4) is 0 Å². The van der Waals surface area contributed by atoms with Crippen molar-refractivity contribution in [3.05, 3.63) is 30.1 Å². The van der Waals surface area contributed by atoms with Crippen LogP contribution in [0.1, 0.15) is 37.3 Å². The van der Waals surface area contributed by atoms with Crippen LogP contribution in [0.5, 0.6) is 0 Å². The number of carbonyl (C=O) groups excluding carboxylic acids is 1. The molecule has 0 unspecified atom stereocenters. The molecule has 10 nitrogen and oxygen atoms in total. The molecule has 3 aromatic rings. The summed E-state index contributed by atoms with van der Waals surface area (Å²) in [6.45, 7) is 2.03.